The van der Waals surface area contributed by atoms with E-state index in [1.165, 1.54) is 17.2 Å². The van der Waals surface area contributed by atoms with Crippen molar-refractivity contribution in [3.05, 3.63) is 55.0 Å². The van der Waals surface area contributed by atoms with Gasteiger partial charge in [-0.15, -0.1) is 6.42 Å². The van der Waals surface area contributed by atoms with Crippen LogP contribution < -0.4 is 14.9 Å². The fraction of sp³-hybridized carbons (Fsp3) is 0.462. The smallest absolute Gasteiger partial charge is 0.323 e. The summed E-state index contributed by atoms with van der Waals surface area (Å²) in [7, 11) is 0. The van der Waals surface area contributed by atoms with E-state index in [1.54, 1.807) is 45.0 Å². The van der Waals surface area contributed by atoms with Crippen molar-refractivity contribution in [3.63, 3.8) is 0 Å². The van der Waals surface area contributed by atoms with E-state index in [0.29, 0.717) is 5.75 Å². The number of carbonyl (C=O) groups excluding carboxylic acids is 2. The Morgan fingerprint density at radius 3 is 2.62 bits per heavy atom. The maximum absolute atomic E-state index is 12.5. The first-order chi connectivity index (χ1) is 18.5. The average molecular weight is 580 g/mol. The van der Waals surface area contributed by atoms with Crippen LogP contribution >= 0.6 is 6.64 Å². The Hall–Kier alpha value is -2.75. The Morgan fingerprint density at radius 2 is 2.05 bits per heavy atom. The van der Waals surface area contributed by atoms with Crippen LogP contribution in [0.25, 0.3) is 0 Å². The fourth-order valence-corrected chi connectivity index (χ4v) is 6.69. The van der Waals surface area contributed by atoms with Gasteiger partial charge in [0.2, 0.25) is 0 Å². The number of amides is 1. The topological polar surface area (TPSA) is 139 Å². The van der Waals surface area contributed by atoms with Gasteiger partial charge in [0.25, 0.3) is 5.91 Å². The number of esters is 1. The second-order valence-corrected chi connectivity index (χ2v) is 12.5. The summed E-state index contributed by atoms with van der Waals surface area (Å²) >= 11 is 5.76. The third-order valence-corrected chi connectivity index (χ3v) is 8.73. The Bertz CT molecular complexity index is 1170. The summed E-state index contributed by atoms with van der Waals surface area (Å²) in [5.74, 6) is 1.50. The highest BCUT2D eigenvalue weighted by Crippen LogP contribution is 2.49. The van der Waals surface area contributed by atoms with E-state index in [9.17, 15) is 19.8 Å². The summed E-state index contributed by atoms with van der Waals surface area (Å²) in [6.07, 6.45) is 6.41. The van der Waals surface area contributed by atoms with E-state index >= 15 is 0 Å². The molecule has 2 aliphatic rings. The van der Waals surface area contributed by atoms with Gasteiger partial charge in [-0.2, -0.15) is 0 Å². The number of ether oxygens (including phenoxy) is 2. The molecule has 0 spiro atoms. The molecule has 2 aliphatic heterocycles. The van der Waals surface area contributed by atoms with Crippen LogP contribution in [-0.2, 0) is 35.4 Å². The van der Waals surface area contributed by atoms with E-state index in [1.807, 2.05) is 6.07 Å². The Kier molecular flexibility index (Phi) is 10.3. The number of benzene rings is 1. The highest BCUT2D eigenvalue weighted by Gasteiger charge is 2.58. The lowest BCUT2D eigenvalue weighted by molar-refractivity contribution is -0.149. The zero-order valence-corrected chi connectivity index (χ0v) is 23.7. The Balaban J connectivity index is 1.87. The molecule has 13 heteroatoms. The largest absolute Gasteiger partial charge is 0.462 e. The van der Waals surface area contributed by atoms with Crippen LogP contribution in [0.15, 0.2) is 55.0 Å². The predicted octanol–water partition coefficient (Wildman–Crippen LogP) is 1.60. The number of para-hydroxylation sites is 1. The molecule has 6 atom stereocenters. The van der Waals surface area contributed by atoms with Gasteiger partial charge in [0.05, 0.1) is 32.0 Å². The van der Waals surface area contributed by atoms with E-state index in [0.717, 1.165) is 0 Å². The molecule has 1 unspecified atom stereocenters. The van der Waals surface area contributed by atoms with Crippen LogP contribution in [0.3, 0.4) is 0 Å². The first-order valence-electron chi connectivity index (χ1n) is 12.3. The van der Waals surface area contributed by atoms with Crippen molar-refractivity contribution in [3.8, 4) is 18.1 Å². The molecule has 39 heavy (non-hydrogen) atoms. The van der Waals surface area contributed by atoms with Gasteiger partial charge in [0.1, 0.15) is 23.0 Å². The molecule has 1 amide bonds. The predicted molar refractivity (Wildman–Crippen MR) is 147 cm³/mol. The Morgan fingerprint density at radius 1 is 1.36 bits per heavy atom. The molecule has 0 aromatic heterocycles. The van der Waals surface area contributed by atoms with Crippen LogP contribution in [-0.4, -0.2) is 71.3 Å². The number of hydrogen-bond donors (Lipinski definition) is 4. The van der Waals surface area contributed by atoms with Gasteiger partial charge in [0, 0.05) is 18.2 Å². The lowest BCUT2D eigenvalue weighted by atomic mass is 9.74. The maximum Gasteiger partial charge on any atom is 0.323 e. The van der Waals surface area contributed by atoms with Crippen molar-refractivity contribution >= 4 is 30.3 Å². The second kappa shape index (κ2) is 13.1. The van der Waals surface area contributed by atoms with Gasteiger partial charge in [-0.3, -0.25) is 9.59 Å². The van der Waals surface area contributed by atoms with Crippen molar-refractivity contribution in [1.29, 1.82) is 0 Å². The molecule has 1 fully saturated rings. The average Bonchev–Trinajstić information content (AvgIpc) is 3.21. The SMILES string of the molecule is C#C[C@@]1(CO)[C@H](CO)[C@@H](COP(=S)(N[C@@H](C)C(=O)OC(C)C)Oc2ccccc2)O[C@H]1N1C=CC(=O)NC1=C. The number of terminal acetylenes is 1. The van der Waals surface area contributed by atoms with Crippen LogP contribution in [0.2, 0.25) is 0 Å². The first-order valence-corrected chi connectivity index (χ1v) is 14.9. The highest BCUT2D eigenvalue weighted by atomic mass is 32.5. The van der Waals surface area contributed by atoms with Crippen molar-refractivity contribution < 1.29 is 38.3 Å². The third kappa shape index (κ3) is 7.07. The second-order valence-electron chi connectivity index (χ2n) is 9.35. The molecule has 1 aromatic rings. The Labute approximate surface area is 233 Å². The summed E-state index contributed by atoms with van der Waals surface area (Å²) < 4.78 is 23.6. The summed E-state index contributed by atoms with van der Waals surface area (Å²) in [6.45, 7) is 4.29. The van der Waals surface area contributed by atoms with E-state index < -0.39 is 55.5 Å². The summed E-state index contributed by atoms with van der Waals surface area (Å²) in [5.41, 5.74) is -1.39. The molecule has 4 N–H and O–H groups in total. The molecule has 11 nitrogen and oxygen atoms in total. The van der Waals surface area contributed by atoms with Crippen molar-refractivity contribution in [1.82, 2.24) is 15.3 Å². The molecule has 0 bridgehead atoms. The minimum atomic E-state index is -3.41. The van der Waals surface area contributed by atoms with Gasteiger partial charge in [-0.25, -0.2) is 5.09 Å². The lowest BCUT2D eigenvalue weighted by Crippen LogP contribution is -2.51. The van der Waals surface area contributed by atoms with Gasteiger partial charge in [0.15, 0.2) is 6.23 Å². The van der Waals surface area contributed by atoms with Gasteiger partial charge >= 0.3 is 12.6 Å². The van der Waals surface area contributed by atoms with Gasteiger partial charge in [-0.1, -0.05) is 30.7 Å². The highest BCUT2D eigenvalue weighted by molar-refractivity contribution is 8.09. The standard InChI is InChI=1S/C26H34N3O8PS/c1-6-26(16-31)21(14-30)22(36-25(26)29-13-12-23(32)27-19(29)5)15-34-38(39,37-20-10-8-7-9-11-20)28-18(4)24(33)35-17(2)3/h1,7-13,17-18,21-22,25,30-31H,5,14-16H2,2-4H3,(H,27,32)(H,28,39)/t18-,21+,22+,25+,26+,38?/m0/s1. The zero-order valence-electron chi connectivity index (χ0n) is 22.0. The molecule has 0 aliphatic carbocycles. The molecule has 0 radical (unpaired) electrons. The minimum Gasteiger partial charge on any atom is -0.462 e. The van der Waals surface area contributed by atoms with Gasteiger partial charge < -0.3 is 39.0 Å². The first kappa shape index (κ1) is 30.8. The van der Waals surface area contributed by atoms with Crippen molar-refractivity contribution in [2.24, 2.45) is 11.3 Å². The minimum absolute atomic E-state index is 0.190. The molecule has 1 aromatic carbocycles. The lowest BCUT2D eigenvalue weighted by Gasteiger charge is -2.39. The maximum atomic E-state index is 12.5. The van der Waals surface area contributed by atoms with E-state index in [2.05, 4.69) is 22.9 Å². The van der Waals surface area contributed by atoms with E-state index in [4.69, 9.17) is 36.8 Å². The molecule has 1 saturated heterocycles. The molecule has 3 rings (SSSR count). The van der Waals surface area contributed by atoms with E-state index in [-0.39, 0.29) is 24.4 Å². The summed E-state index contributed by atoms with van der Waals surface area (Å²) in [4.78, 5) is 25.7. The van der Waals surface area contributed by atoms with Crippen LogP contribution in [0, 0.1) is 23.7 Å². The van der Waals surface area contributed by atoms with Crippen LogP contribution in [0.4, 0.5) is 0 Å². The zero-order chi connectivity index (χ0) is 28.8. The van der Waals surface area contributed by atoms with Crippen molar-refractivity contribution in [2.45, 2.75) is 45.2 Å². The van der Waals surface area contributed by atoms with Crippen LogP contribution in [0.1, 0.15) is 20.8 Å². The van der Waals surface area contributed by atoms with Crippen molar-refractivity contribution in [2.75, 3.05) is 19.8 Å². The van der Waals surface area contributed by atoms with Crippen LogP contribution in [0.5, 0.6) is 5.75 Å². The monoisotopic (exact) mass is 579 g/mol. The number of nitrogens with one attached hydrogen (secondary N) is 2. The number of aliphatic hydroxyl groups excluding tert-OH is 2. The molecule has 0 saturated carbocycles. The van der Waals surface area contributed by atoms with Gasteiger partial charge in [-0.05, 0) is 44.7 Å². The third-order valence-electron chi connectivity index (χ3n) is 6.23. The number of aliphatic hydroxyl groups is 2. The summed E-state index contributed by atoms with van der Waals surface area (Å²) in [6, 6.07) is 7.86. The number of hydrogen-bond acceptors (Lipinski definition) is 10. The normalized spacial score (nSPS) is 27.0. The molecular weight excluding hydrogens is 545 g/mol. The molecule has 2 heterocycles. The summed E-state index contributed by atoms with van der Waals surface area (Å²) in [5, 5.41) is 26.3. The fourth-order valence-electron chi connectivity index (χ4n) is 4.28. The number of rotatable bonds is 12. The number of carbonyl (C=O) groups is 2. The molecular formula is C26H34N3O8PS. The quantitative estimate of drug-likeness (QED) is 0.163. The number of nitrogens with zero attached hydrogens (tertiary/aromatic N) is 1. The molecule has 212 valence electrons.